The second-order valence-corrected chi connectivity index (χ2v) is 4.39. The molecule has 2 unspecified atom stereocenters. The molecule has 2 heterocycles. The van der Waals surface area contributed by atoms with Crippen LogP contribution in [0.4, 0.5) is 0 Å². The number of ether oxygens (including phenoxy) is 1. The topological polar surface area (TPSA) is 38.5 Å². The molecule has 2 N–H and O–H groups in total. The van der Waals surface area contributed by atoms with E-state index in [1.54, 1.807) is 0 Å². The summed E-state index contributed by atoms with van der Waals surface area (Å²) in [5.41, 5.74) is 6.47. The first-order valence-corrected chi connectivity index (χ1v) is 5.30. The molecule has 2 saturated heterocycles. The van der Waals surface area contributed by atoms with Crippen LogP contribution in [-0.2, 0) is 4.74 Å². The molecule has 3 nitrogen and oxygen atoms in total. The minimum atomic E-state index is 0.260. The number of nitrogens with zero attached hydrogens (tertiary/aromatic N) is 1. The summed E-state index contributed by atoms with van der Waals surface area (Å²) in [6.45, 7) is 2.96. The van der Waals surface area contributed by atoms with Gasteiger partial charge in [-0.2, -0.15) is 0 Å². The Morgan fingerprint density at radius 1 is 1.38 bits per heavy atom. The summed E-state index contributed by atoms with van der Waals surface area (Å²) in [6.07, 6.45) is 4.64. The Kier molecular flexibility index (Phi) is 2.58. The summed E-state index contributed by atoms with van der Waals surface area (Å²) < 4.78 is 5.50. The Morgan fingerprint density at radius 2 is 2.23 bits per heavy atom. The molecule has 0 aromatic heterocycles. The predicted octanol–water partition coefficient (Wildman–Crippen LogP) is 0.588. The maximum absolute atomic E-state index is 6.21. The van der Waals surface area contributed by atoms with E-state index in [0.717, 1.165) is 39.0 Å². The third kappa shape index (κ3) is 1.49. The van der Waals surface area contributed by atoms with Crippen molar-refractivity contribution < 1.29 is 4.74 Å². The molecule has 0 bridgehead atoms. The molecule has 0 saturated carbocycles. The second kappa shape index (κ2) is 3.56. The van der Waals surface area contributed by atoms with Crippen molar-refractivity contribution >= 4 is 0 Å². The van der Waals surface area contributed by atoms with E-state index >= 15 is 0 Å². The molecular weight excluding hydrogens is 164 g/mol. The van der Waals surface area contributed by atoms with Crippen LogP contribution in [0.2, 0.25) is 0 Å². The van der Waals surface area contributed by atoms with Crippen LogP contribution in [0, 0.1) is 0 Å². The lowest BCUT2D eigenvalue weighted by atomic mass is 9.84. The summed E-state index contributed by atoms with van der Waals surface area (Å²) in [6, 6.07) is 0.360. The van der Waals surface area contributed by atoms with Crippen LogP contribution in [0.15, 0.2) is 0 Å². The summed E-state index contributed by atoms with van der Waals surface area (Å²) in [4.78, 5) is 2.45. The normalized spacial score (nSPS) is 42.5. The molecule has 2 aliphatic rings. The Hall–Kier alpha value is -0.120. The lowest BCUT2D eigenvalue weighted by molar-refractivity contribution is 0.105. The Bertz CT molecular complexity index is 164. The van der Waals surface area contributed by atoms with Crippen LogP contribution in [-0.4, -0.2) is 43.3 Å². The highest BCUT2D eigenvalue weighted by atomic mass is 16.5. The fourth-order valence-electron chi connectivity index (χ4n) is 2.82. The van der Waals surface area contributed by atoms with Gasteiger partial charge in [-0.3, -0.25) is 4.90 Å². The van der Waals surface area contributed by atoms with Gasteiger partial charge in [-0.25, -0.2) is 0 Å². The largest absolute Gasteiger partial charge is 0.381 e. The molecule has 76 valence electrons. The Balaban J connectivity index is 2.14. The first-order chi connectivity index (χ1) is 6.26. The van der Waals surface area contributed by atoms with E-state index < -0.39 is 0 Å². The van der Waals surface area contributed by atoms with E-state index in [-0.39, 0.29) is 5.54 Å². The van der Waals surface area contributed by atoms with Crippen molar-refractivity contribution in [3.8, 4) is 0 Å². The SMILES string of the molecule is CN1CCC(N)C12CCCOCC2. The number of likely N-dealkylation sites (N-methyl/N-ethyl adjacent to an activating group) is 1. The highest BCUT2D eigenvalue weighted by Crippen LogP contribution is 2.35. The fraction of sp³-hybridized carbons (Fsp3) is 1.00. The molecule has 2 rings (SSSR count). The van der Waals surface area contributed by atoms with Crippen LogP contribution < -0.4 is 5.73 Å². The number of hydrogen-bond acceptors (Lipinski definition) is 3. The van der Waals surface area contributed by atoms with Crippen LogP contribution in [0.5, 0.6) is 0 Å². The quantitative estimate of drug-likeness (QED) is 0.599. The monoisotopic (exact) mass is 184 g/mol. The molecule has 3 heteroatoms. The zero-order valence-corrected chi connectivity index (χ0v) is 8.46. The Morgan fingerprint density at radius 3 is 2.92 bits per heavy atom. The molecule has 2 aliphatic heterocycles. The minimum Gasteiger partial charge on any atom is -0.381 e. The number of hydrogen-bond donors (Lipinski definition) is 1. The van der Waals surface area contributed by atoms with Gasteiger partial charge in [0.05, 0.1) is 0 Å². The molecule has 13 heavy (non-hydrogen) atoms. The van der Waals surface area contributed by atoms with Crippen LogP contribution in [0.25, 0.3) is 0 Å². The van der Waals surface area contributed by atoms with Crippen molar-refractivity contribution in [2.75, 3.05) is 26.8 Å². The first kappa shape index (κ1) is 9.44. The van der Waals surface area contributed by atoms with E-state index in [9.17, 15) is 0 Å². The molecule has 0 aromatic carbocycles. The van der Waals surface area contributed by atoms with E-state index in [2.05, 4.69) is 11.9 Å². The molecule has 0 aliphatic carbocycles. The summed E-state index contributed by atoms with van der Waals surface area (Å²) in [5, 5.41) is 0. The van der Waals surface area contributed by atoms with E-state index in [1.165, 1.54) is 6.42 Å². The van der Waals surface area contributed by atoms with Gasteiger partial charge in [-0.15, -0.1) is 0 Å². The van der Waals surface area contributed by atoms with Gasteiger partial charge in [-0.1, -0.05) is 0 Å². The minimum absolute atomic E-state index is 0.260. The van der Waals surface area contributed by atoms with Crippen molar-refractivity contribution in [1.82, 2.24) is 4.90 Å². The van der Waals surface area contributed by atoms with Gasteiger partial charge in [0.15, 0.2) is 0 Å². The fourth-order valence-corrected chi connectivity index (χ4v) is 2.82. The van der Waals surface area contributed by atoms with E-state index in [4.69, 9.17) is 10.5 Å². The van der Waals surface area contributed by atoms with Crippen molar-refractivity contribution in [1.29, 1.82) is 0 Å². The Labute approximate surface area is 80.2 Å². The van der Waals surface area contributed by atoms with Crippen molar-refractivity contribution in [2.45, 2.75) is 37.3 Å². The van der Waals surface area contributed by atoms with Crippen molar-refractivity contribution in [3.05, 3.63) is 0 Å². The maximum atomic E-state index is 6.21. The maximum Gasteiger partial charge on any atom is 0.0484 e. The molecular formula is C10H20N2O. The third-order valence-electron chi connectivity index (χ3n) is 3.80. The lowest BCUT2D eigenvalue weighted by Crippen LogP contribution is -2.52. The molecule has 0 amide bonds. The van der Waals surface area contributed by atoms with E-state index in [1.807, 2.05) is 0 Å². The highest BCUT2D eigenvalue weighted by molar-refractivity contribution is 5.03. The standard InChI is InChI=1S/C10H20N2O/c1-12-6-3-9(11)10(12)4-2-7-13-8-5-10/h9H,2-8,11H2,1H3. The number of nitrogens with two attached hydrogens (primary N) is 1. The smallest absolute Gasteiger partial charge is 0.0484 e. The summed E-state index contributed by atoms with van der Waals surface area (Å²) >= 11 is 0. The average molecular weight is 184 g/mol. The molecule has 2 atom stereocenters. The van der Waals surface area contributed by atoms with Gasteiger partial charge in [0.25, 0.3) is 0 Å². The van der Waals surface area contributed by atoms with Crippen molar-refractivity contribution in [3.63, 3.8) is 0 Å². The van der Waals surface area contributed by atoms with Crippen LogP contribution >= 0.6 is 0 Å². The van der Waals surface area contributed by atoms with Gasteiger partial charge in [0, 0.05) is 24.8 Å². The summed E-state index contributed by atoms with van der Waals surface area (Å²) in [7, 11) is 2.21. The van der Waals surface area contributed by atoms with Gasteiger partial charge in [0.1, 0.15) is 0 Å². The van der Waals surface area contributed by atoms with Gasteiger partial charge < -0.3 is 10.5 Å². The second-order valence-electron chi connectivity index (χ2n) is 4.39. The first-order valence-electron chi connectivity index (χ1n) is 5.30. The third-order valence-corrected chi connectivity index (χ3v) is 3.80. The van der Waals surface area contributed by atoms with Crippen LogP contribution in [0.1, 0.15) is 25.7 Å². The average Bonchev–Trinajstić information content (AvgIpc) is 2.38. The molecule has 0 radical (unpaired) electrons. The summed E-state index contributed by atoms with van der Waals surface area (Å²) in [5.74, 6) is 0. The number of rotatable bonds is 0. The van der Waals surface area contributed by atoms with Gasteiger partial charge in [0.2, 0.25) is 0 Å². The molecule has 2 fully saturated rings. The highest BCUT2D eigenvalue weighted by Gasteiger charge is 2.44. The predicted molar refractivity (Wildman–Crippen MR) is 52.6 cm³/mol. The number of likely N-dealkylation sites (tertiary alicyclic amines) is 1. The lowest BCUT2D eigenvalue weighted by Gasteiger charge is -2.38. The zero-order chi connectivity index (χ0) is 9.31. The van der Waals surface area contributed by atoms with E-state index in [0.29, 0.717) is 6.04 Å². The van der Waals surface area contributed by atoms with Gasteiger partial charge in [-0.05, 0) is 39.3 Å². The van der Waals surface area contributed by atoms with Gasteiger partial charge >= 0.3 is 0 Å². The zero-order valence-electron chi connectivity index (χ0n) is 8.46. The molecule has 0 aromatic rings. The van der Waals surface area contributed by atoms with Crippen LogP contribution in [0.3, 0.4) is 0 Å². The molecule has 1 spiro atoms. The van der Waals surface area contributed by atoms with Crippen molar-refractivity contribution in [2.24, 2.45) is 5.73 Å².